The molecule has 1 aromatic heterocycles. The molecule has 8 heteroatoms. The number of nitrogens with one attached hydrogen (secondary N) is 1. The lowest BCUT2D eigenvalue weighted by Crippen LogP contribution is -2.12. The molecule has 0 radical (unpaired) electrons. The molecule has 23 heavy (non-hydrogen) atoms. The first kappa shape index (κ1) is 17.1. The molecule has 1 amide bonds. The largest absolute Gasteiger partial charge is 0.465 e. The van der Waals surface area contributed by atoms with E-state index >= 15 is 0 Å². The summed E-state index contributed by atoms with van der Waals surface area (Å²) in [6.07, 6.45) is 2.81. The molecule has 0 saturated carbocycles. The fourth-order valence-corrected chi connectivity index (χ4v) is 2.44. The van der Waals surface area contributed by atoms with Gasteiger partial charge in [0.15, 0.2) is 5.56 Å². The van der Waals surface area contributed by atoms with E-state index in [0.717, 1.165) is 0 Å². The van der Waals surface area contributed by atoms with E-state index in [9.17, 15) is 9.59 Å². The van der Waals surface area contributed by atoms with E-state index in [4.69, 9.17) is 32.5 Å². The normalized spacial score (nSPS) is 10.8. The number of halogens is 2. The maximum Gasteiger partial charge on any atom is 0.345 e. The van der Waals surface area contributed by atoms with Gasteiger partial charge in [0.05, 0.1) is 17.2 Å². The van der Waals surface area contributed by atoms with E-state index in [1.807, 2.05) is 0 Å². The van der Waals surface area contributed by atoms with Crippen molar-refractivity contribution in [3.63, 3.8) is 0 Å². The van der Waals surface area contributed by atoms with E-state index < -0.39 is 11.9 Å². The molecule has 0 saturated heterocycles. The zero-order valence-electron chi connectivity index (χ0n) is 12.2. The van der Waals surface area contributed by atoms with Crippen molar-refractivity contribution in [2.24, 2.45) is 0 Å². The molecule has 2 aromatic rings. The molecule has 0 unspecified atom stereocenters. The van der Waals surface area contributed by atoms with Crippen LogP contribution in [0.3, 0.4) is 0 Å². The van der Waals surface area contributed by atoms with Crippen molar-refractivity contribution in [1.82, 2.24) is 5.16 Å². The maximum atomic E-state index is 12.1. The number of rotatable bonds is 4. The first-order valence-corrected chi connectivity index (χ1v) is 7.21. The molecule has 1 heterocycles. The summed E-state index contributed by atoms with van der Waals surface area (Å²) in [7, 11) is 1.20. The van der Waals surface area contributed by atoms with Crippen molar-refractivity contribution in [2.45, 2.75) is 6.92 Å². The van der Waals surface area contributed by atoms with Crippen LogP contribution in [0.2, 0.25) is 10.0 Å². The predicted molar refractivity (Wildman–Crippen MR) is 86.7 cm³/mol. The summed E-state index contributed by atoms with van der Waals surface area (Å²) in [5, 5.41) is 6.78. The van der Waals surface area contributed by atoms with Crippen molar-refractivity contribution in [3.05, 3.63) is 46.0 Å². The number of carbonyl (C=O) groups excluding carboxylic acids is 2. The van der Waals surface area contributed by atoms with Gasteiger partial charge in [0, 0.05) is 5.56 Å². The Kier molecular flexibility index (Phi) is 5.41. The number of benzene rings is 1. The minimum atomic E-state index is -0.743. The Morgan fingerprint density at radius 2 is 1.96 bits per heavy atom. The Labute approximate surface area is 142 Å². The van der Waals surface area contributed by atoms with Gasteiger partial charge in [-0.05, 0) is 25.1 Å². The van der Waals surface area contributed by atoms with Crippen LogP contribution in [0.1, 0.15) is 17.3 Å². The lowest BCUT2D eigenvalue weighted by Gasteiger charge is -2.06. The highest BCUT2D eigenvalue weighted by molar-refractivity contribution is 6.39. The van der Waals surface area contributed by atoms with Gasteiger partial charge in [0.1, 0.15) is 5.69 Å². The summed E-state index contributed by atoms with van der Waals surface area (Å²) in [6.45, 7) is 1.68. The van der Waals surface area contributed by atoms with Gasteiger partial charge in [0.25, 0.3) is 0 Å². The standard InChI is InChI=1S/C15H12Cl2N2O4/c1-3-5-10(20)18-14-12(15(21)22-2)13(19-23-14)11-8(16)6-4-7-9(11)17/h3-7H,1-2H3,(H,18,20)/b5-3+. The number of aromatic nitrogens is 1. The highest BCUT2D eigenvalue weighted by atomic mass is 35.5. The van der Waals surface area contributed by atoms with Gasteiger partial charge in [-0.25, -0.2) is 4.79 Å². The zero-order valence-corrected chi connectivity index (χ0v) is 13.7. The van der Waals surface area contributed by atoms with Crippen LogP contribution in [0.4, 0.5) is 5.88 Å². The summed E-state index contributed by atoms with van der Waals surface area (Å²) < 4.78 is 9.79. The van der Waals surface area contributed by atoms with Crippen molar-refractivity contribution >= 4 is 41.0 Å². The van der Waals surface area contributed by atoms with Gasteiger partial charge in [-0.1, -0.05) is 40.5 Å². The van der Waals surface area contributed by atoms with Crippen LogP contribution in [-0.4, -0.2) is 24.1 Å². The lowest BCUT2D eigenvalue weighted by molar-refractivity contribution is -0.112. The molecular formula is C15H12Cl2N2O4. The Morgan fingerprint density at radius 1 is 1.30 bits per heavy atom. The second-order valence-electron chi connectivity index (χ2n) is 4.31. The van der Waals surface area contributed by atoms with Gasteiger partial charge in [-0.3, -0.25) is 10.1 Å². The molecule has 0 spiro atoms. The molecule has 0 fully saturated rings. The van der Waals surface area contributed by atoms with Crippen molar-refractivity contribution in [1.29, 1.82) is 0 Å². The van der Waals surface area contributed by atoms with Crippen molar-refractivity contribution < 1.29 is 18.8 Å². The summed E-state index contributed by atoms with van der Waals surface area (Å²) in [6, 6.07) is 4.84. The van der Waals surface area contributed by atoms with Crippen LogP contribution in [0.15, 0.2) is 34.9 Å². The fraction of sp³-hybridized carbons (Fsp3) is 0.133. The first-order valence-electron chi connectivity index (χ1n) is 6.45. The molecule has 0 bridgehead atoms. The minimum absolute atomic E-state index is 0.0691. The van der Waals surface area contributed by atoms with Gasteiger partial charge >= 0.3 is 5.97 Å². The monoisotopic (exact) mass is 354 g/mol. The van der Waals surface area contributed by atoms with E-state index in [1.54, 1.807) is 25.1 Å². The second kappa shape index (κ2) is 7.30. The molecule has 0 aliphatic heterocycles. The van der Waals surface area contributed by atoms with Crippen LogP contribution in [0, 0.1) is 0 Å². The molecule has 1 N–H and O–H groups in total. The van der Waals surface area contributed by atoms with Crippen LogP contribution in [-0.2, 0) is 9.53 Å². The number of anilines is 1. The number of amides is 1. The number of methoxy groups -OCH3 is 1. The van der Waals surface area contributed by atoms with Crippen LogP contribution in [0.5, 0.6) is 0 Å². The van der Waals surface area contributed by atoms with Crippen LogP contribution >= 0.6 is 23.2 Å². The highest BCUT2D eigenvalue weighted by Crippen LogP contribution is 2.38. The second-order valence-corrected chi connectivity index (χ2v) is 5.13. The first-order chi connectivity index (χ1) is 11.0. The Morgan fingerprint density at radius 3 is 2.52 bits per heavy atom. The number of esters is 1. The molecule has 1 aromatic carbocycles. The third-order valence-corrected chi connectivity index (χ3v) is 3.47. The molecular weight excluding hydrogens is 343 g/mol. The maximum absolute atomic E-state index is 12.1. The number of hydrogen-bond acceptors (Lipinski definition) is 5. The number of hydrogen-bond donors (Lipinski definition) is 1. The molecule has 0 aliphatic rings. The summed E-state index contributed by atoms with van der Waals surface area (Å²) >= 11 is 12.3. The molecule has 6 nitrogen and oxygen atoms in total. The molecule has 120 valence electrons. The van der Waals surface area contributed by atoms with E-state index in [2.05, 4.69) is 10.5 Å². The van der Waals surface area contributed by atoms with Gasteiger partial charge in [-0.2, -0.15) is 0 Å². The Bertz CT molecular complexity index is 764. The van der Waals surface area contributed by atoms with Crippen LogP contribution < -0.4 is 5.32 Å². The fourth-order valence-electron chi connectivity index (χ4n) is 1.87. The molecule has 2 rings (SSSR count). The Hall–Kier alpha value is -2.31. The topological polar surface area (TPSA) is 81.4 Å². The van der Waals surface area contributed by atoms with E-state index in [1.165, 1.54) is 19.3 Å². The van der Waals surface area contributed by atoms with Gasteiger partial charge in [0.2, 0.25) is 11.8 Å². The SMILES string of the molecule is C/C=C/C(=O)Nc1onc(-c2c(Cl)cccc2Cl)c1C(=O)OC. The average Bonchev–Trinajstić information content (AvgIpc) is 2.90. The number of carbonyl (C=O) groups is 2. The number of ether oxygens (including phenoxy) is 1. The third kappa shape index (κ3) is 3.55. The van der Waals surface area contributed by atoms with E-state index in [-0.39, 0.29) is 27.2 Å². The quantitative estimate of drug-likeness (QED) is 0.663. The highest BCUT2D eigenvalue weighted by Gasteiger charge is 2.28. The summed E-state index contributed by atoms with van der Waals surface area (Å²) in [4.78, 5) is 23.7. The predicted octanol–water partition coefficient (Wildman–Crippen LogP) is 3.95. The zero-order chi connectivity index (χ0) is 17.0. The van der Waals surface area contributed by atoms with E-state index in [0.29, 0.717) is 5.56 Å². The smallest absolute Gasteiger partial charge is 0.345 e. The number of allylic oxidation sites excluding steroid dienone is 1. The minimum Gasteiger partial charge on any atom is -0.465 e. The Balaban J connectivity index is 2.59. The van der Waals surface area contributed by atoms with Gasteiger partial charge in [-0.15, -0.1) is 0 Å². The summed E-state index contributed by atoms with van der Waals surface area (Å²) in [5.41, 5.74) is 0.329. The average molecular weight is 355 g/mol. The molecule has 0 atom stereocenters. The van der Waals surface area contributed by atoms with Crippen LogP contribution in [0.25, 0.3) is 11.3 Å². The molecule has 0 aliphatic carbocycles. The number of nitrogens with zero attached hydrogens (tertiary/aromatic N) is 1. The van der Waals surface area contributed by atoms with Crippen molar-refractivity contribution in [3.8, 4) is 11.3 Å². The third-order valence-electron chi connectivity index (χ3n) is 2.84. The summed E-state index contributed by atoms with van der Waals surface area (Å²) in [5.74, 6) is -1.37. The van der Waals surface area contributed by atoms with Crippen molar-refractivity contribution in [2.75, 3.05) is 12.4 Å². The lowest BCUT2D eigenvalue weighted by atomic mass is 10.1. The van der Waals surface area contributed by atoms with Gasteiger partial charge < -0.3 is 9.26 Å².